The van der Waals surface area contributed by atoms with Crippen LogP contribution >= 0.6 is 0 Å². The molecule has 4 rings (SSSR count). The minimum absolute atomic E-state index is 0.0385. The first-order valence-corrected chi connectivity index (χ1v) is 8.64. The van der Waals surface area contributed by atoms with E-state index in [0.717, 1.165) is 37.0 Å². The van der Waals surface area contributed by atoms with Crippen molar-refractivity contribution < 1.29 is 19.0 Å². The number of ether oxygens (including phenoxy) is 3. The number of fused-ring (bicyclic) bond motifs is 1. The van der Waals surface area contributed by atoms with Crippen LogP contribution in [0.1, 0.15) is 31.2 Å². The van der Waals surface area contributed by atoms with Crippen LogP contribution in [-0.2, 0) is 4.79 Å². The number of amides is 1. The van der Waals surface area contributed by atoms with Gasteiger partial charge in [-0.3, -0.25) is 4.79 Å². The second-order valence-corrected chi connectivity index (χ2v) is 6.59. The van der Waals surface area contributed by atoms with Crippen molar-refractivity contribution in [3.63, 3.8) is 0 Å². The smallest absolute Gasteiger partial charge is 0.262 e. The largest absolute Gasteiger partial charge is 0.483 e. The van der Waals surface area contributed by atoms with Crippen LogP contribution in [0.4, 0.5) is 5.69 Å². The Balaban J connectivity index is 1.37. The molecule has 5 nitrogen and oxygen atoms in total. The molecule has 0 radical (unpaired) electrons. The van der Waals surface area contributed by atoms with E-state index in [0.29, 0.717) is 17.2 Å². The zero-order chi connectivity index (χ0) is 17.3. The van der Waals surface area contributed by atoms with Gasteiger partial charge in [-0.1, -0.05) is 18.2 Å². The summed E-state index contributed by atoms with van der Waals surface area (Å²) >= 11 is 0. The van der Waals surface area contributed by atoms with Gasteiger partial charge in [-0.25, -0.2) is 0 Å². The van der Waals surface area contributed by atoms with Crippen molar-refractivity contribution in [2.24, 2.45) is 0 Å². The molecule has 2 aromatic rings. The Morgan fingerprint density at radius 3 is 2.68 bits per heavy atom. The van der Waals surface area contributed by atoms with Crippen molar-refractivity contribution in [3.05, 3.63) is 48.0 Å². The van der Waals surface area contributed by atoms with Gasteiger partial charge in [0.15, 0.2) is 18.1 Å². The SMILES string of the molecule is Cc1ccccc1OCC(=O)Nc1ccc2c(c1)OC1(CCCC1)O2. The second kappa shape index (κ2) is 6.31. The predicted octanol–water partition coefficient (Wildman–Crippen LogP) is 4.05. The lowest BCUT2D eigenvalue weighted by molar-refractivity contribution is -0.118. The van der Waals surface area contributed by atoms with Crippen LogP contribution < -0.4 is 19.5 Å². The van der Waals surface area contributed by atoms with Gasteiger partial charge in [0.1, 0.15) is 5.75 Å². The molecule has 1 amide bonds. The van der Waals surface area contributed by atoms with Gasteiger partial charge >= 0.3 is 0 Å². The van der Waals surface area contributed by atoms with Crippen molar-refractivity contribution in [3.8, 4) is 17.2 Å². The van der Waals surface area contributed by atoms with Gasteiger partial charge < -0.3 is 19.5 Å². The maximum absolute atomic E-state index is 12.1. The molecule has 1 aliphatic carbocycles. The molecule has 0 atom stereocenters. The number of carbonyl (C=O) groups is 1. The summed E-state index contributed by atoms with van der Waals surface area (Å²) in [6.45, 7) is 1.91. The number of hydrogen-bond acceptors (Lipinski definition) is 4. The standard InChI is InChI=1S/C20H21NO4/c1-14-6-2-3-7-16(14)23-13-19(22)21-15-8-9-17-18(12-15)25-20(24-17)10-4-5-11-20/h2-3,6-9,12H,4-5,10-11,13H2,1H3,(H,21,22). The zero-order valence-electron chi connectivity index (χ0n) is 14.2. The summed E-state index contributed by atoms with van der Waals surface area (Å²) in [5.41, 5.74) is 1.68. The fourth-order valence-electron chi connectivity index (χ4n) is 3.35. The monoisotopic (exact) mass is 339 g/mol. The molecular formula is C20H21NO4. The van der Waals surface area contributed by atoms with Crippen molar-refractivity contribution in [1.29, 1.82) is 0 Å². The van der Waals surface area contributed by atoms with Gasteiger partial charge in [0.05, 0.1) is 0 Å². The second-order valence-electron chi connectivity index (χ2n) is 6.59. The maximum Gasteiger partial charge on any atom is 0.262 e. The molecule has 5 heteroatoms. The van der Waals surface area contributed by atoms with E-state index in [-0.39, 0.29) is 12.5 Å². The highest BCUT2D eigenvalue weighted by Gasteiger charge is 2.44. The summed E-state index contributed by atoms with van der Waals surface area (Å²) in [6.07, 6.45) is 4.06. The highest BCUT2D eigenvalue weighted by atomic mass is 16.7. The number of rotatable bonds is 4. The molecular weight excluding hydrogens is 318 g/mol. The fourth-order valence-corrected chi connectivity index (χ4v) is 3.35. The molecule has 1 saturated carbocycles. The van der Waals surface area contributed by atoms with Crippen molar-refractivity contribution in [2.75, 3.05) is 11.9 Å². The summed E-state index contributed by atoms with van der Waals surface area (Å²) < 4.78 is 17.6. The first kappa shape index (κ1) is 15.8. The summed E-state index contributed by atoms with van der Waals surface area (Å²) in [6, 6.07) is 13.1. The molecule has 0 saturated heterocycles. The number of para-hydroxylation sites is 1. The van der Waals surface area contributed by atoms with Gasteiger partial charge in [0.25, 0.3) is 11.7 Å². The Labute approximate surface area is 146 Å². The molecule has 1 N–H and O–H groups in total. The van der Waals surface area contributed by atoms with E-state index in [2.05, 4.69) is 5.32 Å². The minimum atomic E-state index is -0.487. The number of anilines is 1. The van der Waals surface area contributed by atoms with Crippen LogP contribution in [0.15, 0.2) is 42.5 Å². The van der Waals surface area contributed by atoms with E-state index >= 15 is 0 Å². The van der Waals surface area contributed by atoms with E-state index in [1.807, 2.05) is 49.4 Å². The van der Waals surface area contributed by atoms with Gasteiger partial charge in [-0.05, 0) is 43.5 Å². The van der Waals surface area contributed by atoms with E-state index in [1.165, 1.54) is 0 Å². The fraction of sp³-hybridized carbons (Fsp3) is 0.350. The van der Waals surface area contributed by atoms with Crippen LogP contribution in [-0.4, -0.2) is 18.3 Å². The average Bonchev–Trinajstić information content (AvgIpc) is 3.20. The molecule has 0 unspecified atom stereocenters. The van der Waals surface area contributed by atoms with Crippen LogP contribution in [0.3, 0.4) is 0 Å². The molecule has 2 aromatic carbocycles. The first-order chi connectivity index (χ1) is 12.1. The molecule has 1 heterocycles. The highest BCUT2D eigenvalue weighted by Crippen LogP contribution is 2.47. The molecule has 25 heavy (non-hydrogen) atoms. The van der Waals surface area contributed by atoms with Crippen LogP contribution in [0, 0.1) is 6.92 Å². The quantitative estimate of drug-likeness (QED) is 0.913. The van der Waals surface area contributed by atoms with Gasteiger partial charge in [0, 0.05) is 24.6 Å². The van der Waals surface area contributed by atoms with Gasteiger partial charge in [0.2, 0.25) is 0 Å². The third-order valence-corrected chi connectivity index (χ3v) is 4.64. The normalized spacial score (nSPS) is 16.8. The third-order valence-electron chi connectivity index (χ3n) is 4.64. The minimum Gasteiger partial charge on any atom is -0.483 e. The summed E-state index contributed by atoms with van der Waals surface area (Å²) in [7, 11) is 0. The Hall–Kier alpha value is -2.69. The topological polar surface area (TPSA) is 56.8 Å². The molecule has 0 aromatic heterocycles. The molecule has 1 aliphatic heterocycles. The summed E-state index contributed by atoms with van der Waals surface area (Å²) in [5, 5.41) is 2.84. The van der Waals surface area contributed by atoms with Crippen molar-refractivity contribution in [1.82, 2.24) is 0 Å². The third kappa shape index (κ3) is 3.27. The van der Waals surface area contributed by atoms with Crippen LogP contribution in [0.5, 0.6) is 17.2 Å². The molecule has 130 valence electrons. The Morgan fingerprint density at radius 1 is 1.12 bits per heavy atom. The van der Waals surface area contributed by atoms with E-state index < -0.39 is 5.79 Å². The Bertz CT molecular complexity index is 796. The lowest BCUT2D eigenvalue weighted by Gasteiger charge is -2.21. The number of nitrogens with one attached hydrogen (secondary N) is 1. The molecule has 2 aliphatic rings. The predicted molar refractivity (Wildman–Crippen MR) is 94.2 cm³/mol. The number of carbonyl (C=O) groups excluding carboxylic acids is 1. The Morgan fingerprint density at radius 2 is 1.88 bits per heavy atom. The summed E-state index contributed by atoms with van der Waals surface area (Å²) in [5.74, 6) is 1.46. The van der Waals surface area contributed by atoms with E-state index in [4.69, 9.17) is 14.2 Å². The van der Waals surface area contributed by atoms with Crippen LogP contribution in [0.25, 0.3) is 0 Å². The van der Waals surface area contributed by atoms with E-state index in [9.17, 15) is 4.79 Å². The van der Waals surface area contributed by atoms with Crippen molar-refractivity contribution >= 4 is 11.6 Å². The highest BCUT2D eigenvalue weighted by molar-refractivity contribution is 5.92. The first-order valence-electron chi connectivity index (χ1n) is 8.64. The number of benzene rings is 2. The number of aryl methyl sites for hydroxylation is 1. The van der Waals surface area contributed by atoms with E-state index in [1.54, 1.807) is 0 Å². The van der Waals surface area contributed by atoms with Gasteiger partial charge in [-0.15, -0.1) is 0 Å². The molecule has 1 fully saturated rings. The van der Waals surface area contributed by atoms with Crippen molar-refractivity contribution in [2.45, 2.75) is 38.4 Å². The van der Waals surface area contributed by atoms with Gasteiger partial charge in [-0.2, -0.15) is 0 Å². The maximum atomic E-state index is 12.1. The lowest BCUT2D eigenvalue weighted by Crippen LogP contribution is -2.34. The average molecular weight is 339 g/mol. The molecule has 0 bridgehead atoms. The van der Waals surface area contributed by atoms with Crippen LogP contribution in [0.2, 0.25) is 0 Å². The summed E-state index contributed by atoms with van der Waals surface area (Å²) in [4.78, 5) is 12.1. The Kier molecular flexibility index (Phi) is 3.99. The molecule has 1 spiro atoms. The number of hydrogen-bond donors (Lipinski definition) is 1. The zero-order valence-corrected chi connectivity index (χ0v) is 14.2. The lowest BCUT2D eigenvalue weighted by atomic mass is 10.2.